The second-order valence-electron chi connectivity index (χ2n) is 7.54. The molecular weight excluding hydrogens is 232 g/mol. The minimum atomic E-state index is 0.340. The van der Waals surface area contributed by atoms with Gasteiger partial charge in [-0.1, -0.05) is 33.1 Å². The van der Waals surface area contributed by atoms with Crippen LogP contribution in [0.25, 0.3) is 0 Å². The van der Waals surface area contributed by atoms with Crippen LogP contribution in [0.1, 0.15) is 66.2 Å². The normalized spacial score (nSPS) is 41.4. The Bertz CT molecular complexity index is 278. The molecule has 2 aliphatic rings. The smallest absolute Gasteiger partial charge is 0.0278 e. The van der Waals surface area contributed by atoms with Crippen molar-refractivity contribution in [1.82, 2.24) is 10.2 Å². The Kier molecular flexibility index (Phi) is 5.30. The van der Waals surface area contributed by atoms with Gasteiger partial charge in [0.15, 0.2) is 0 Å². The van der Waals surface area contributed by atoms with Crippen LogP contribution in [0, 0.1) is 11.8 Å². The zero-order chi connectivity index (χ0) is 13.9. The predicted molar refractivity (Wildman–Crippen MR) is 83.5 cm³/mol. The maximum Gasteiger partial charge on any atom is 0.0278 e. The third kappa shape index (κ3) is 4.19. The van der Waals surface area contributed by atoms with Gasteiger partial charge in [0.1, 0.15) is 0 Å². The molecule has 0 aromatic carbocycles. The van der Waals surface area contributed by atoms with Gasteiger partial charge >= 0.3 is 0 Å². The van der Waals surface area contributed by atoms with Crippen LogP contribution in [-0.2, 0) is 0 Å². The van der Waals surface area contributed by atoms with E-state index in [4.69, 9.17) is 0 Å². The van der Waals surface area contributed by atoms with Crippen molar-refractivity contribution in [2.75, 3.05) is 19.6 Å². The van der Waals surface area contributed by atoms with Crippen LogP contribution in [0.5, 0.6) is 0 Å². The lowest BCUT2D eigenvalue weighted by Crippen LogP contribution is -2.62. The van der Waals surface area contributed by atoms with E-state index in [1.165, 1.54) is 51.6 Å². The van der Waals surface area contributed by atoms with E-state index in [9.17, 15) is 0 Å². The van der Waals surface area contributed by atoms with Crippen molar-refractivity contribution in [2.45, 2.75) is 77.8 Å². The highest BCUT2D eigenvalue weighted by atomic mass is 15.2. The van der Waals surface area contributed by atoms with E-state index in [0.29, 0.717) is 11.6 Å². The Morgan fingerprint density at radius 2 is 2.05 bits per heavy atom. The fourth-order valence-electron chi connectivity index (χ4n) is 3.89. The number of nitrogens with one attached hydrogen (secondary N) is 1. The molecule has 0 spiro atoms. The lowest BCUT2D eigenvalue weighted by atomic mass is 9.80. The first-order valence-electron chi connectivity index (χ1n) is 8.51. The molecule has 1 aliphatic carbocycles. The summed E-state index contributed by atoms with van der Waals surface area (Å²) in [7, 11) is 0. The zero-order valence-corrected chi connectivity index (χ0v) is 13.5. The average molecular weight is 266 g/mol. The predicted octanol–water partition coefficient (Wildman–Crippen LogP) is 3.67. The molecular formula is C17H34N2. The number of hydrogen-bond donors (Lipinski definition) is 1. The molecule has 1 heterocycles. The van der Waals surface area contributed by atoms with Crippen LogP contribution in [-0.4, -0.2) is 36.1 Å². The third-order valence-electron chi connectivity index (χ3n) is 5.65. The van der Waals surface area contributed by atoms with Crippen molar-refractivity contribution < 1.29 is 0 Å². The molecule has 2 rings (SSSR count). The largest absolute Gasteiger partial charge is 0.309 e. The molecule has 0 aromatic heterocycles. The highest BCUT2D eigenvalue weighted by molar-refractivity contribution is 4.93. The maximum absolute atomic E-state index is 3.73. The summed E-state index contributed by atoms with van der Waals surface area (Å²) in [6.45, 7) is 13.2. The molecule has 0 aromatic rings. The van der Waals surface area contributed by atoms with Crippen LogP contribution in [0.2, 0.25) is 0 Å². The van der Waals surface area contributed by atoms with Crippen LogP contribution in [0.15, 0.2) is 0 Å². The van der Waals surface area contributed by atoms with Gasteiger partial charge in [0, 0.05) is 24.7 Å². The summed E-state index contributed by atoms with van der Waals surface area (Å²) in [6, 6.07) is 0.709. The Morgan fingerprint density at radius 3 is 2.74 bits per heavy atom. The summed E-state index contributed by atoms with van der Waals surface area (Å²) >= 11 is 0. The monoisotopic (exact) mass is 266 g/mol. The Morgan fingerprint density at radius 1 is 1.26 bits per heavy atom. The second kappa shape index (κ2) is 6.58. The average Bonchev–Trinajstić information content (AvgIpc) is 2.40. The number of rotatable bonds is 4. The first-order valence-corrected chi connectivity index (χ1v) is 8.51. The molecule has 112 valence electrons. The van der Waals surface area contributed by atoms with Crippen molar-refractivity contribution in [2.24, 2.45) is 11.8 Å². The number of nitrogens with zero attached hydrogens (tertiary/aromatic N) is 1. The van der Waals surface area contributed by atoms with E-state index in [-0.39, 0.29) is 0 Å². The molecule has 1 saturated carbocycles. The summed E-state index contributed by atoms with van der Waals surface area (Å²) in [5, 5.41) is 3.73. The fraction of sp³-hybridized carbons (Fsp3) is 1.00. The van der Waals surface area contributed by atoms with E-state index < -0.39 is 0 Å². The summed E-state index contributed by atoms with van der Waals surface area (Å²) in [5.41, 5.74) is 0.340. The number of hydrogen-bond acceptors (Lipinski definition) is 2. The molecule has 0 amide bonds. The van der Waals surface area contributed by atoms with Crippen LogP contribution >= 0.6 is 0 Å². The van der Waals surface area contributed by atoms with Crippen molar-refractivity contribution in [3.05, 3.63) is 0 Å². The minimum Gasteiger partial charge on any atom is -0.309 e. The van der Waals surface area contributed by atoms with Gasteiger partial charge in [-0.2, -0.15) is 0 Å². The molecule has 4 unspecified atom stereocenters. The molecule has 2 nitrogen and oxygen atoms in total. The highest BCUT2D eigenvalue weighted by Crippen LogP contribution is 2.31. The van der Waals surface area contributed by atoms with E-state index in [1.54, 1.807) is 0 Å². The molecule has 1 saturated heterocycles. The van der Waals surface area contributed by atoms with Gasteiger partial charge in [0.25, 0.3) is 0 Å². The van der Waals surface area contributed by atoms with E-state index in [0.717, 1.165) is 18.4 Å². The molecule has 4 atom stereocenters. The van der Waals surface area contributed by atoms with Gasteiger partial charge < -0.3 is 5.32 Å². The molecule has 1 N–H and O–H groups in total. The summed E-state index contributed by atoms with van der Waals surface area (Å²) < 4.78 is 0. The third-order valence-corrected chi connectivity index (χ3v) is 5.65. The van der Waals surface area contributed by atoms with Gasteiger partial charge in [-0.25, -0.2) is 0 Å². The molecule has 2 heteroatoms. The highest BCUT2D eigenvalue weighted by Gasteiger charge is 2.32. The zero-order valence-electron chi connectivity index (χ0n) is 13.5. The fourth-order valence-corrected chi connectivity index (χ4v) is 3.89. The van der Waals surface area contributed by atoms with Crippen LogP contribution < -0.4 is 5.32 Å². The van der Waals surface area contributed by atoms with Gasteiger partial charge in [-0.05, 0) is 51.5 Å². The Labute approximate surface area is 120 Å². The standard InChI is InChI=1S/C17H34N2/c1-5-17(4)13-19(15(3)12-18-17)10-9-16-8-6-7-14(2)11-16/h14-16,18H,5-13H2,1-4H3. The first kappa shape index (κ1) is 15.3. The molecule has 0 radical (unpaired) electrons. The summed E-state index contributed by atoms with van der Waals surface area (Å²) in [4.78, 5) is 2.74. The Balaban J connectivity index is 1.80. The second-order valence-corrected chi connectivity index (χ2v) is 7.54. The minimum absolute atomic E-state index is 0.340. The van der Waals surface area contributed by atoms with Crippen molar-refractivity contribution >= 4 is 0 Å². The van der Waals surface area contributed by atoms with Gasteiger partial charge in [-0.15, -0.1) is 0 Å². The van der Waals surface area contributed by atoms with Crippen LogP contribution in [0.4, 0.5) is 0 Å². The summed E-state index contributed by atoms with van der Waals surface area (Å²) in [5.74, 6) is 1.97. The van der Waals surface area contributed by atoms with Crippen LogP contribution in [0.3, 0.4) is 0 Å². The topological polar surface area (TPSA) is 15.3 Å². The Hall–Kier alpha value is -0.0800. The maximum atomic E-state index is 3.73. The van der Waals surface area contributed by atoms with Crippen molar-refractivity contribution in [3.63, 3.8) is 0 Å². The number of piperazine rings is 1. The summed E-state index contributed by atoms with van der Waals surface area (Å²) in [6.07, 6.45) is 8.55. The van der Waals surface area contributed by atoms with Crippen molar-refractivity contribution in [1.29, 1.82) is 0 Å². The quantitative estimate of drug-likeness (QED) is 0.835. The van der Waals surface area contributed by atoms with Crippen molar-refractivity contribution in [3.8, 4) is 0 Å². The SMILES string of the molecule is CCC1(C)CN(CCC2CCCC(C)C2)C(C)CN1. The first-order chi connectivity index (χ1) is 9.02. The lowest BCUT2D eigenvalue weighted by molar-refractivity contribution is 0.0833. The van der Waals surface area contributed by atoms with E-state index in [1.807, 2.05) is 0 Å². The molecule has 2 fully saturated rings. The molecule has 0 bridgehead atoms. The molecule has 19 heavy (non-hydrogen) atoms. The van der Waals surface area contributed by atoms with E-state index in [2.05, 4.69) is 37.9 Å². The molecule has 1 aliphatic heterocycles. The van der Waals surface area contributed by atoms with E-state index >= 15 is 0 Å². The van der Waals surface area contributed by atoms with Gasteiger partial charge in [-0.3, -0.25) is 4.90 Å². The van der Waals surface area contributed by atoms with Gasteiger partial charge in [0.2, 0.25) is 0 Å². The van der Waals surface area contributed by atoms with Gasteiger partial charge in [0.05, 0.1) is 0 Å². The lowest BCUT2D eigenvalue weighted by Gasteiger charge is -2.45.